The van der Waals surface area contributed by atoms with E-state index in [1.54, 1.807) is 0 Å². The molecule has 3 saturated heterocycles. The van der Waals surface area contributed by atoms with Gasteiger partial charge in [-0.2, -0.15) is 0 Å². The summed E-state index contributed by atoms with van der Waals surface area (Å²) >= 11 is 0. The second kappa shape index (κ2) is 3.36. The van der Waals surface area contributed by atoms with E-state index in [4.69, 9.17) is 9.47 Å². The summed E-state index contributed by atoms with van der Waals surface area (Å²) < 4.78 is 10.9. The zero-order valence-corrected chi connectivity index (χ0v) is 10.7. The van der Waals surface area contributed by atoms with Crippen LogP contribution in [0.2, 0.25) is 0 Å². The van der Waals surface area contributed by atoms with Gasteiger partial charge in [-0.15, -0.1) is 0 Å². The maximum atomic E-state index is 12.0. The van der Waals surface area contributed by atoms with Crippen molar-refractivity contribution in [2.24, 2.45) is 5.41 Å². The highest BCUT2D eigenvalue weighted by molar-refractivity contribution is 5.69. The number of hydrogen-bond acceptors (Lipinski definition) is 4. The zero-order valence-electron chi connectivity index (χ0n) is 10.7. The SMILES string of the molecule is CC(C)(C)OC(=O)N1CC2NC3COCC32C1. The van der Waals surface area contributed by atoms with Crippen molar-refractivity contribution in [3.8, 4) is 0 Å². The van der Waals surface area contributed by atoms with Gasteiger partial charge in [0.2, 0.25) is 0 Å². The van der Waals surface area contributed by atoms with E-state index < -0.39 is 5.60 Å². The van der Waals surface area contributed by atoms with Crippen LogP contribution in [0.5, 0.6) is 0 Å². The van der Waals surface area contributed by atoms with Crippen LogP contribution >= 0.6 is 0 Å². The van der Waals surface area contributed by atoms with Crippen LogP contribution in [0.3, 0.4) is 0 Å². The number of carbonyl (C=O) groups excluding carboxylic acids is 1. The van der Waals surface area contributed by atoms with E-state index in [2.05, 4.69) is 5.32 Å². The molecule has 3 aliphatic heterocycles. The Morgan fingerprint density at radius 2 is 2.24 bits per heavy atom. The van der Waals surface area contributed by atoms with Crippen LogP contribution in [0.15, 0.2) is 0 Å². The molecule has 3 rings (SSSR count). The highest BCUT2D eigenvalue weighted by atomic mass is 16.6. The fourth-order valence-corrected chi connectivity index (χ4v) is 3.11. The molecule has 3 unspecified atom stereocenters. The lowest BCUT2D eigenvalue weighted by atomic mass is 9.71. The first kappa shape index (κ1) is 11.3. The van der Waals surface area contributed by atoms with E-state index in [0.717, 1.165) is 26.3 Å². The Kier molecular flexibility index (Phi) is 2.23. The normalized spacial score (nSPS) is 39.6. The van der Waals surface area contributed by atoms with Crippen LogP contribution < -0.4 is 5.32 Å². The quantitative estimate of drug-likeness (QED) is 0.673. The molecular formula is C12H20N2O3. The van der Waals surface area contributed by atoms with Gasteiger partial charge in [0.05, 0.1) is 13.2 Å². The summed E-state index contributed by atoms with van der Waals surface area (Å²) in [6.45, 7) is 8.75. The van der Waals surface area contributed by atoms with Crippen LogP contribution in [-0.2, 0) is 9.47 Å². The number of carbonyl (C=O) groups is 1. The Hall–Kier alpha value is -0.810. The molecule has 3 aliphatic rings. The Labute approximate surface area is 101 Å². The summed E-state index contributed by atoms with van der Waals surface area (Å²) in [7, 11) is 0. The van der Waals surface area contributed by atoms with Crippen molar-refractivity contribution in [2.45, 2.75) is 38.5 Å². The summed E-state index contributed by atoms with van der Waals surface area (Å²) in [6.07, 6.45) is -0.200. The van der Waals surface area contributed by atoms with E-state index in [-0.39, 0.29) is 11.5 Å². The number of likely N-dealkylation sites (tertiary alicyclic amines) is 1. The molecule has 1 spiro atoms. The van der Waals surface area contributed by atoms with Crippen LogP contribution in [0.1, 0.15) is 20.8 Å². The van der Waals surface area contributed by atoms with Crippen LogP contribution in [0.4, 0.5) is 4.79 Å². The molecule has 0 aromatic carbocycles. The second-order valence-corrected chi connectivity index (χ2v) is 6.38. The Balaban J connectivity index is 1.66. The molecule has 0 aromatic heterocycles. The van der Waals surface area contributed by atoms with Crippen molar-refractivity contribution in [3.63, 3.8) is 0 Å². The number of amides is 1. The van der Waals surface area contributed by atoms with E-state index in [1.807, 2.05) is 25.7 Å². The molecular weight excluding hydrogens is 220 g/mol. The van der Waals surface area contributed by atoms with Gasteiger partial charge in [0.15, 0.2) is 0 Å². The number of nitrogens with one attached hydrogen (secondary N) is 1. The van der Waals surface area contributed by atoms with E-state index >= 15 is 0 Å². The standard InChI is InChI=1S/C12H20N2O3/c1-11(2,3)17-10(15)14-4-8-12(6-14)7-16-5-9(12)13-8/h8-9,13H,4-7H2,1-3H3. The van der Waals surface area contributed by atoms with Crippen molar-refractivity contribution in [3.05, 3.63) is 0 Å². The monoisotopic (exact) mass is 240 g/mol. The third-order valence-electron chi connectivity index (χ3n) is 3.99. The molecule has 1 amide bonds. The second-order valence-electron chi connectivity index (χ2n) is 6.38. The number of ether oxygens (including phenoxy) is 2. The third kappa shape index (κ3) is 1.64. The smallest absolute Gasteiger partial charge is 0.410 e. The van der Waals surface area contributed by atoms with Gasteiger partial charge < -0.3 is 19.7 Å². The topological polar surface area (TPSA) is 50.8 Å². The van der Waals surface area contributed by atoms with Crippen LogP contribution in [0.25, 0.3) is 0 Å². The average molecular weight is 240 g/mol. The Morgan fingerprint density at radius 1 is 1.47 bits per heavy atom. The van der Waals surface area contributed by atoms with Crippen molar-refractivity contribution in [1.29, 1.82) is 0 Å². The van der Waals surface area contributed by atoms with Crippen molar-refractivity contribution in [1.82, 2.24) is 10.2 Å². The van der Waals surface area contributed by atoms with E-state index in [0.29, 0.717) is 12.1 Å². The summed E-state index contributed by atoms with van der Waals surface area (Å²) in [5, 5.41) is 3.47. The molecule has 3 heterocycles. The predicted molar refractivity (Wildman–Crippen MR) is 61.8 cm³/mol. The largest absolute Gasteiger partial charge is 0.444 e. The van der Waals surface area contributed by atoms with Crippen molar-refractivity contribution < 1.29 is 14.3 Å². The van der Waals surface area contributed by atoms with Gasteiger partial charge in [-0.3, -0.25) is 0 Å². The third-order valence-corrected chi connectivity index (χ3v) is 3.99. The molecule has 17 heavy (non-hydrogen) atoms. The van der Waals surface area contributed by atoms with Crippen LogP contribution in [-0.4, -0.2) is 55.0 Å². The minimum atomic E-state index is -0.421. The highest BCUT2D eigenvalue weighted by Crippen LogP contribution is 2.46. The average Bonchev–Trinajstić information content (AvgIpc) is 2.65. The highest BCUT2D eigenvalue weighted by Gasteiger charge is 2.63. The lowest BCUT2D eigenvalue weighted by Crippen LogP contribution is -2.68. The van der Waals surface area contributed by atoms with Crippen molar-refractivity contribution >= 4 is 6.09 Å². The van der Waals surface area contributed by atoms with Gasteiger partial charge >= 0.3 is 6.09 Å². The first-order valence-electron chi connectivity index (χ1n) is 6.22. The molecule has 3 fully saturated rings. The molecule has 5 heteroatoms. The predicted octanol–water partition coefficient (Wildman–Crippen LogP) is 0.594. The molecule has 3 atom stereocenters. The first-order valence-corrected chi connectivity index (χ1v) is 6.22. The molecule has 0 aliphatic carbocycles. The van der Waals surface area contributed by atoms with Gasteiger partial charge in [0.1, 0.15) is 5.60 Å². The molecule has 0 aromatic rings. The van der Waals surface area contributed by atoms with Crippen LogP contribution in [0, 0.1) is 5.41 Å². The molecule has 0 bridgehead atoms. The Bertz CT molecular complexity index is 352. The molecule has 5 nitrogen and oxygen atoms in total. The van der Waals surface area contributed by atoms with Gasteiger partial charge in [0, 0.05) is 30.6 Å². The zero-order chi connectivity index (χ0) is 12.3. The fourth-order valence-electron chi connectivity index (χ4n) is 3.11. The summed E-state index contributed by atoms with van der Waals surface area (Å²) in [4.78, 5) is 13.8. The minimum Gasteiger partial charge on any atom is -0.444 e. The summed E-state index contributed by atoms with van der Waals surface area (Å²) in [5.41, 5.74) is -0.258. The summed E-state index contributed by atoms with van der Waals surface area (Å²) in [5.74, 6) is 0. The fraction of sp³-hybridized carbons (Fsp3) is 0.917. The Morgan fingerprint density at radius 3 is 2.88 bits per heavy atom. The number of hydrogen-bond donors (Lipinski definition) is 1. The maximum Gasteiger partial charge on any atom is 0.410 e. The van der Waals surface area contributed by atoms with E-state index in [9.17, 15) is 4.79 Å². The summed E-state index contributed by atoms with van der Waals surface area (Å²) in [6, 6.07) is 0.822. The molecule has 96 valence electrons. The maximum absolute atomic E-state index is 12.0. The van der Waals surface area contributed by atoms with Gasteiger partial charge in [-0.25, -0.2) is 4.79 Å². The first-order chi connectivity index (χ1) is 7.91. The lowest BCUT2D eigenvalue weighted by Gasteiger charge is -2.46. The number of nitrogens with zero attached hydrogens (tertiary/aromatic N) is 1. The molecule has 0 radical (unpaired) electrons. The minimum absolute atomic E-state index is 0.164. The van der Waals surface area contributed by atoms with Crippen molar-refractivity contribution in [2.75, 3.05) is 26.3 Å². The number of rotatable bonds is 0. The van der Waals surface area contributed by atoms with Gasteiger partial charge in [-0.1, -0.05) is 0 Å². The lowest BCUT2D eigenvalue weighted by molar-refractivity contribution is 0.0262. The van der Waals surface area contributed by atoms with E-state index in [1.165, 1.54) is 0 Å². The van der Waals surface area contributed by atoms with Gasteiger partial charge in [-0.05, 0) is 20.8 Å². The van der Waals surface area contributed by atoms with Gasteiger partial charge in [0.25, 0.3) is 0 Å². The molecule has 1 N–H and O–H groups in total. The molecule has 0 saturated carbocycles.